The van der Waals surface area contributed by atoms with Gasteiger partial charge in [-0.05, 0) is 25.0 Å². The van der Waals surface area contributed by atoms with Gasteiger partial charge in [0.1, 0.15) is 29.1 Å². The molecule has 1 saturated carbocycles. The zero-order chi connectivity index (χ0) is 19.8. The fourth-order valence-electron chi connectivity index (χ4n) is 3.28. The highest BCUT2D eigenvalue weighted by Crippen LogP contribution is 2.33. The third kappa shape index (κ3) is 2.96. The van der Waals surface area contributed by atoms with E-state index in [2.05, 4.69) is 26.0 Å². The van der Waals surface area contributed by atoms with Crippen molar-refractivity contribution in [1.29, 1.82) is 0 Å². The number of carbonyl (C=O) groups excluding carboxylic acids is 1. The quantitative estimate of drug-likeness (QED) is 0.618. The topological polar surface area (TPSA) is 105 Å². The van der Waals surface area contributed by atoms with Crippen LogP contribution in [-0.4, -0.2) is 45.3 Å². The van der Waals surface area contributed by atoms with Gasteiger partial charge in [-0.1, -0.05) is 0 Å². The molecule has 4 rings (SSSR count). The van der Waals surface area contributed by atoms with E-state index in [0.717, 1.165) is 0 Å². The van der Waals surface area contributed by atoms with Gasteiger partial charge in [-0.2, -0.15) is 9.61 Å². The Balaban J connectivity index is 1.73. The number of alkyl halides is 1. The average molecular weight is 385 g/mol. The van der Waals surface area contributed by atoms with Crippen LogP contribution in [0.2, 0.25) is 0 Å². The molecule has 0 bridgehead atoms. The van der Waals surface area contributed by atoms with Gasteiger partial charge in [0.15, 0.2) is 5.65 Å². The Labute approximate surface area is 159 Å². The van der Waals surface area contributed by atoms with E-state index in [-0.39, 0.29) is 17.5 Å². The average Bonchev–Trinajstić information content (AvgIpc) is 3.10. The molecule has 1 aliphatic rings. The van der Waals surface area contributed by atoms with Crippen LogP contribution in [0.4, 0.5) is 21.7 Å². The van der Waals surface area contributed by atoms with Crippen LogP contribution in [0.1, 0.15) is 29.2 Å². The van der Waals surface area contributed by atoms with Crippen molar-refractivity contribution >= 4 is 28.9 Å². The lowest BCUT2D eigenvalue weighted by Crippen LogP contribution is -2.35. The van der Waals surface area contributed by atoms with Crippen LogP contribution in [0.3, 0.4) is 0 Å². The van der Waals surface area contributed by atoms with Crippen molar-refractivity contribution in [2.45, 2.75) is 25.1 Å². The summed E-state index contributed by atoms with van der Waals surface area (Å²) in [5, 5.41) is 12.8. The lowest BCUT2D eigenvalue weighted by molar-refractivity contribution is 0.0964. The van der Waals surface area contributed by atoms with E-state index in [0.29, 0.717) is 41.4 Å². The van der Waals surface area contributed by atoms with Gasteiger partial charge in [-0.3, -0.25) is 9.59 Å². The molecule has 3 N–H and O–H groups in total. The van der Waals surface area contributed by atoms with E-state index < -0.39 is 6.17 Å². The van der Waals surface area contributed by atoms with Crippen molar-refractivity contribution in [2.75, 3.05) is 24.7 Å². The van der Waals surface area contributed by atoms with E-state index in [9.17, 15) is 14.0 Å². The molecule has 0 aromatic carbocycles. The molecule has 1 amide bonds. The number of rotatable bonds is 5. The van der Waals surface area contributed by atoms with Crippen molar-refractivity contribution < 1.29 is 9.18 Å². The maximum absolute atomic E-state index is 13.2. The summed E-state index contributed by atoms with van der Waals surface area (Å²) in [6.45, 7) is 0. The predicted molar refractivity (Wildman–Crippen MR) is 103 cm³/mol. The first-order valence-electron chi connectivity index (χ1n) is 8.92. The molecule has 1 fully saturated rings. The minimum atomic E-state index is -0.847. The Bertz CT molecular complexity index is 1100. The van der Waals surface area contributed by atoms with Gasteiger partial charge in [0.25, 0.3) is 11.5 Å². The molecule has 3 aromatic heterocycles. The molecule has 3 heterocycles. The molecular weight excluding hydrogens is 365 g/mol. The Morgan fingerprint density at radius 3 is 2.79 bits per heavy atom. The molecule has 10 heteroatoms. The van der Waals surface area contributed by atoms with Gasteiger partial charge in [0.05, 0.1) is 6.20 Å². The molecule has 3 aromatic rings. The summed E-state index contributed by atoms with van der Waals surface area (Å²) in [5.74, 6) is 0.669. The van der Waals surface area contributed by atoms with E-state index >= 15 is 0 Å². The maximum atomic E-state index is 13.2. The van der Waals surface area contributed by atoms with E-state index in [4.69, 9.17) is 0 Å². The third-order valence-electron chi connectivity index (χ3n) is 4.89. The minimum Gasteiger partial charge on any atom is -0.373 e. The number of fused-ring (bicyclic) bond motifs is 1. The third-order valence-corrected chi connectivity index (χ3v) is 4.89. The number of pyridine rings is 1. The first-order chi connectivity index (χ1) is 13.5. The van der Waals surface area contributed by atoms with Crippen LogP contribution in [0.15, 0.2) is 35.4 Å². The smallest absolute Gasteiger partial charge is 0.274 e. The molecular formula is C18H20FN7O2. The Hall–Kier alpha value is -3.43. The molecule has 0 spiro atoms. The standard InChI is InChI=1S/C18H20FN7O2/c1-20-15-8-14(24-16-12(17(27)21-2)9-22-26(15)16)23-13-4-3-5-25(18(13)28)11-6-10(19)7-11/h3-5,8-11,20H,6-7H2,1-2H3,(H,21,27)(H,23,24)/t10-,11-. The number of halogens is 1. The van der Waals surface area contributed by atoms with Gasteiger partial charge in [0, 0.05) is 32.4 Å². The Morgan fingerprint density at radius 2 is 2.11 bits per heavy atom. The highest BCUT2D eigenvalue weighted by atomic mass is 19.1. The van der Waals surface area contributed by atoms with Gasteiger partial charge >= 0.3 is 0 Å². The van der Waals surface area contributed by atoms with Crippen molar-refractivity contribution in [3.63, 3.8) is 0 Å². The fourth-order valence-corrected chi connectivity index (χ4v) is 3.28. The lowest BCUT2D eigenvalue weighted by Gasteiger charge is -2.31. The summed E-state index contributed by atoms with van der Waals surface area (Å²) in [4.78, 5) is 29.3. The van der Waals surface area contributed by atoms with E-state index in [1.807, 2.05) is 0 Å². The Kier molecular flexibility index (Phi) is 4.46. The molecule has 1 aliphatic carbocycles. The van der Waals surface area contributed by atoms with E-state index in [1.165, 1.54) is 17.8 Å². The normalized spacial score (nSPS) is 18.5. The van der Waals surface area contributed by atoms with Crippen LogP contribution in [0.25, 0.3) is 5.65 Å². The predicted octanol–water partition coefficient (Wildman–Crippen LogP) is 1.71. The van der Waals surface area contributed by atoms with Crippen molar-refractivity contribution in [3.8, 4) is 0 Å². The molecule has 28 heavy (non-hydrogen) atoms. The number of anilines is 3. The number of aromatic nitrogens is 4. The SMILES string of the molecule is CNC(=O)c1cnn2c(NC)cc(Nc3cccn([C@H]4C[C@H](F)C4)c3=O)nc12. The van der Waals surface area contributed by atoms with Crippen LogP contribution in [0.5, 0.6) is 0 Å². The van der Waals surface area contributed by atoms with Crippen LogP contribution < -0.4 is 21.5 Å². The number of hydrogen-bond acceptors (Lipinski definition) is 6. The number of carbonyl (C=O) groups is 1. The first-order valence-corrected chi connectivity index (χ1v) is 8.92. The second kappa shape index (κ2) is 6.95. The maximum Gasteiger partial charge on any atom is 0.274 e. The molecule has 0 aliphatic heterocycles. The first kappa shape index (κ1) is 18.0. The van der Waals surface area contributed by atoms with Crippen LogP contribution in [0, 0.1) is 0 Å². The second-order valence-electron chi connectivity index (χ2n) is 6.63. The minimum absolute atomic E-state index is 0.123. The summed E-state index contributed by atoms with van der Waals surface area (Å²) in [7, 11) is 3.25. The van der Waals surface area contributed by atoms with Crippen molar-refractivity contribution in [3.05, 3.63) is 46.5 Å². The Morgan fingerprint density at radius 1 is 1.32 bits per heavy atom. The van der Waals surface area contributed by atoms with Gasteiger partial charge < -0.3 is 20.5 Å². The molecule has 146 valence electrons. The monoisotopic (exact) mass is 385 g/mol. The summed E-state index contributed by atoms with van der Waals surface area (Å²) in [6.07, 6.45) is 2.96. The van der Waals surface area contributed by atoms with Crippen LogP contribution in [-0.2, 0) is 0 Å². The molecule has 0 radical (unpaired) electrons. The van der Waals surface area contributed by atoms with Gasteiger partial charge in [0.2, 0.25) is 0 Å². The fraction of sp³-hybridized carbons (Fsp3) is 0.333. The number of hydrogen-bond donors (Lipinski definition) is 3. The molecule has 0 saturated heterocycles. The van der Waals surface area contributed by atoms with Gasteiger partial charge in [-0.25, -0.2) is 9.37 Å². The zero-order valence-corrected chi connectivity index (χ0v) is 15.4. The van der Waals surface area contributed by atoms with Crippen LogP contribution >= 0.6 is 0 Å². The summed E-state index contributed by atoms with van der Waals surface area (Å²) >= 11 is 0. The van der Waals surface area contributed by atoms with Crippen molar-refractivity contribution in [2.24, 2.45) is 0 Å². The second-order valence-corrected chi connectivity index (χ2v) is 6.63. The van der Waals surface area contributed by atoms with Crippen molar-refractivity contribution in [1.82, 2.24) is 24.5 Å². The molecule has 0 atom stereocenters. The highest BCUT2D eigenvalue weighted by Gasteiger charge is 2.31. The van der Waals surface area contributed by atoms with E-state index in [1.54, 1.807) is 36.0 Å². The lowest BCUT2D eigenvalue weighted by atomic mass is 9.90. The summed E-state index contributed by atoms with van der Waals surface area (Å²) in [6, 6.07) is 4.94. The zero-order valence-electron chi connectivity index (χ0n) is 15.4. The summed E-state index contributed by atoms with van der Waals surface area (Å²) in [5.41, 5.74) is 0.748. The molecule has 9 nitrogen and oxygen atoms in total. The largest absolute Gasteiger partial charge is 0.373 e. The summed E-state index contributed by atoms with van der Waals surface area (Å²) < 4.78 is 16.2. The number of amides is 1. The highest BCUT2D eigenvalue weighted by molar-refractivity contribution is 5.99. The number of nitrogens with zero attached hydrogens (tertiary/aromatic N) is 4. The molecule has 0 unspecified atom stereocenters. The van der Waals surface area contributed by atoms with Gasteiger partial charge in [-0.15, -0.1) is 0 Å². The number of nitrogens with one attached hydrogen (secondary N) is 3.